The molecule has 4 unspecified atom stereocenters. The van der Waals surface area contributed by atoms with Gasteiger partial charge in [-0.2, -0.15) is 0 Å². The molecule has 5 nitrogen and oxygen atoms in total. The first kappa shape index (κ1) is 55.0. The van der Waals surface area contributed by atoms with Crippen LogP contribution >= 0.6 is 0 Å². The van der Waals surface area contributed by atoms with Crippen LogP contribution in [0.3, 0.4) is 0 Å². The zero-order chi connectivity index (χ0) is 44.6. The first-order valence-corrected chi connectivity index (χ1v) is 25.9. The SMILES string of the molecule is C1CCCC1.CC(C)(C)C1C=CCC1.CC(C)(C)C1C=CNCC1.CC(C)C1=CCNCC1.CC(C)C1CC2CCC(C1)N2.CC(C)C1CCOCC1.CC(C)C1CNC1. The monoisotopic (exact) mass is 839 g/mol. The normalized spacial score (nSPS) is 27.5. The minimum atomic E-state index is 0.443. The highest BCUT2D eigenvalue weighted by Gasteiger charge is 2.34. The van der Waals surface area contributed by atoms with E-state index in [0.717, 1.165) is 91.6 Å². The molecule has 0 aromatic rings. The maximum atomic E-state index is 5.25. The average Bonchev–Trinajstić information content (AvgIpc) is 4.02. The van der Waals surface area contributed by atoms with Crippen LogP contribution in [0.15, 0.2) is 36.1 Å². The van der Waals surface area contributed by atoms with E-state index < -0.39 is 0 Å². The van der Waals surface area contributed by atoms with Crippen molar-refractivity contribution in [2.45, 2.75) is 205 Å². The molecule has 4 atom stereocenters. The number of hydrogen-bond donors (Lipinski definition) is 4. The van der Waals surface area contributed by atoms with Crippen LogP contribution in [0, 0.1) is 64.1 Å². The predicted molar refractivity (Wildman–Crippen MR) is 267 cm³/mol. The lowest BCUT2D eigenvalue weighted by molar-refractivity contribution is 0.0523. The van der Waals surface area contributed by atoms with Crippen molar-refractivity contribution in [1.82, 2.24) is 21.3 Å². The lowest BCUT2D eigenvalue weighted by Crippen LogP contribution is -2.44. The predicted octanol–water partition coefficient (Wildman–Crippen LogP) is 13.8. The van der Waals surface area contributed by atoms with Gasteiger partial charge in [0.15, 0.2) is 0 Å². The maximum Gasteiger partial charge on any atom is 0.0468 e. The fourth-order valence-electron chi connectivity index (χ4n) is 9.54. The highest BCUT2D eigenvalue weighted by atomic mass is 16.5. The molecular formula is C55H106N4O. The molecule has 60 heavy (non-hydrogen) atoms. The zero-order valence-corrected chi connectivity index (χ0v) is 42.7. The molecule has 1 saturated carbocycles. The van der Waals surface area contributed by atoms with Crippen molar-refractivity contribution >= 4 is 0 Å². The van der Waals surface area contributed by atoms with Crippen LogP contribution in [0.4, 0.5) is 0 Å². The van der Waals surface area contributed by atoms with E-state index in [0.29, 0.717) is 10.8 Å². The minimum Gasteiger partial charge on any atom is -0.391 e. The van der Waals surface area contributed by atoms with Gasteiger partial charge in [0.2, 0.25) is 0 Å². The van der Waals surface area contributed by atoms with Crippen molar-refractivity contribution in [1.29, 1.82) is 0 Å². The quantitative estimate of drug-likeness (QED) is 0.213. The smallest absolute Gasteiger partial charge is 0.0468 e. The Morgan fingerprint density at radius 1 is 0.583 bits per heavy atom. The lowest BCUT2D eigenvalue weighted by atomic mass is 9.78. The molecule has 0 aromatic carbocycles. The van der Waals surface area contributed by atoms with E-state index in [1.807, 2.05) is 0 Å². The number of allylic oxidation sites excluding steroid dienone is 3. The Morgan fingerprint density at radius 2 is 1.12 bits per heavy atom. The molecule has 0 radical (unpaired) electrons. The Hall–Kier alpha value is -1.14. The zero-order valence-electron chi connectivity index (χ0n) is 42.7. The van der Waals surface area contributed by atoms with Gasteiger partial charge >= 0.3 is 0 Å². The average molecular weight is 839 g/mol. The highest BCUT2D eigenvalue weighted by molar-refractivity contribution is 5.08. The maximum absolute atomic E-state index is 5.25. The molecule has 352 valence electrons. The van der Waals surface area contributed by atoms with E-state index in [1.54, 1.807) is 5.57 Å². The van der Waals surface area contributed by atoms with Gasteiger partial charge in [0, 0.05) is 38.4 Å². The van der Waals surface area contributed by atoms with Gasteiger partial charge < -0.3 is 26.0 Å². The molecule has 6 heterocycles. The molecule has 4 N–H and O–H groups in total. The summed E-state index contributed by atoms with van der Waals surface area (Å²) in [5.41, 5.74) is 2.56. The van der Waals surface area contributed by atoms with Gasteiger partial charge in [0.1, 0.15) is 0 Å². The van der Waals surface area contributed by atoms with E-state index in [4.69, 9.17) is 4.74 Å². The standard InChI is InChI=1S/C10H19N.C9H17N.C9H16.C8H15N.C8H16O.C6H13N.C5H10/c1-7(2)8-5-9-3-4-10(6-8)11-9;1-9(2,3)8-4-6-10-7-5-8;1-9(2,3)8-6-4-5-7-8;2*1-7(2)8-3-5-9-6-4-8;1-5(2)6-3-7-4-6;1-2-4-5-3-1/h7-11H,3-6H2,1-2H3;4,6,8,10H,5,7H2,1-3H3;4,6,8H,5,7H2,1-3H3;3,7,9H,4-6H2,1-2H3;7-8H,3-6H2,1-2H3;5-7H,3-4H2,1-2H3;1-5H2. The minimum absolute atomic E-state index is 0.443. The van der Waals surface area contributed by atoms with Crippen molar-refractivity contribution in [2.24, 2.45) is 64.1 Å². The fourth-order valence-corrected chi connectivity index (χ4v) is 9.54. The third-order valence-corrected chi connectivity index (χ3v) is 14.8. The topological polar surface area (TPSA) is 57.3 Å². The Balaban J connectivity index is 0.000000243. The number of ether oxygens (including phenoxy) is 1. The number of fused-ring (bicyclic) bond motifs is 2. The summed E-state index contributed by atoms with van der Waals surface area (Å²) in [6.45, 7) is 40.1. The van der Waals surface area contributed by atoms with Gasteiger partial charge in [0.05, 0.1) is 0 Å². The van der Waals surface area contributed by atoms with Crippen LogP contribution < -0.4 is 21.3 Å². The second-order valence-corrected chi connectivity index (χ2v) is 23.2. The summed E-state index contributed by atoms with van der Waals surface area (Å²) in [6.07, 6.45) is 32.3. The van der Waals surface area contributed by atoms with E-state index >= 15 is 0 Å². The number of piperidine rings is 1. The van der Waals surface area contributed by atoms with Gasteiger partial charge in [-0.3, -0.25) is 0 Å². The Kier molecular flexibility index (Phi) is 27.6. The van der Waals surface area contributed by atoms with Gasteiger partial charge in [0.25, 0.3) is 0 Å². The number of nitrogens with one attached hydrogen (secondary N) is 4. The summed E-state index contributed by atoms with van der Waals surface area (Å²) in [5, 5.41) is 13.4. The fraction of sp³-hybridized carbons (Fsp3) is 0.891. The first-order valence-electron chi connectivity index (χ1n) is 25.9. The van der Waals surface area contributed by atoms with E-state index in [2.05, 4.69) is 149 Å². The van der Waals surface area contributed by atoms with Crippen molar-refractivity contribution in [2.75, 3.05) is 45.9 Å². The molecule has 0 aromatic heterocycles. The summed E-state index contributed by atoms with van der Waals surface area (Å²) >= 11 is 0. The van der Waals surface area contributed by atoms with Gasteiger partial charge in [-0.25, -0.2) is 0 Å². The Morgan fingerprint density at radius 3 is 1.40 bits per heavy atom. The second kappa shape index (κ2) is 30.1. The first-order chi connectivity index (χ1) is 28.4. The molecule has 8 rings (SSSR count). The van der Waals surface area contributed by atoms with Crippen LogP contribution in [0.2, 0.25) is 0 Å². The molecular weight excluding hydrogens is 733 g/mol. The molecule has 0 spiro atoms. The number of hydrogen-bond acceptors (Lipinski definition) is 5. The Bertz CT molecular complexity index is 1120. The largest absolute Gasteiger partial charge is 0.391 e. The second-order valence-electron chi connectivity index (χ2n) is 23.2. The van der Waals surface area contributed by atoms with Crippen LogP contribution in [0.5, 0.6) is 0 Å². The van der Waals surface area contributed by atoms with E-state index in [-0.39, 0.29) is 0 Å². The Labute approximate surface area is 376 Å². The van der Waals surface area contributed by atoms with E-state index in [1.165, 1.54) is 116 Å². The lowest BCUT2D eigenvalue weighted by Gasteiger charge is -2.31. The number of rotatable bonds is 4. The molecule has 6 aliphatic heterocycles. The van der Waals surface area contributed by atoms with Gasteiger partial charge in [-0.05, 0) is 154 Å². The molecule has 8 aliphatic rings. The summed E-state index contributed by atoms with van der Waals surface area (Å²) in [5.74, 6) is 7.90. The molecule has 4 saturated heterocycles. The summed E-state index contributed by atoms with van der Waals surface area (Å²) in [6, 6.07) is 1.75. The van der Waals surface area contributed by atoms with Gasteiger partial charge in [-0.15, -0.1) is 0 Å². The summed E-state index contributed by atoms with van der Waals surface area (Å²) < 4.78 is 5.25. The van der Waals surface area contributed by atoms with Crippen molar-refractivity contribution < 1.29 is 4.74 Å². The highest BCUT2D eigenvalue weighted by Crippen LogP contribution is 2.35. The van der Waals surface area contributed by atoms with Crippen molar-refractivity contribution in [3.05, 3.63) is 36.1 Å². The van der Waals surface area contributed by atoms with Crippen molar-refractivity contribution in [3.63, 3.8) is 0 Å². The van der Waals surface area contributed by atoms with Gasteiger partial charge in [-0.1, -0.05) is 159 Å². The molecule has 2 aliphatic carbocycles. The molecule has 5 fully saturated rings. The molecule has 2 bridgehead atoms. The van der Waals surface area contributed by atoms with Crippen LogP contribution in [0.25, 0.3) is 0 Å². The third-order valence-electron chi connectivity index (χ3n) is 14.8. The van der Waals surface area contributed by atoms with E-state index in [9.17, 15) is 0 Å². The van der Waals surface area contributed by atoms with Crippen LogP contribution in [-0.2, 0) is 4.74 Å². The van der Waals surface area contributed by atoms with Crippen LogP contribution in [0.1, 0.15) is 193 Å². The molecule has 0 amide bonds. The summed E-state index contributed by atoms with van der Waals surface area (Å²) in [7, 11) is 0. The summed E-state index contributed by atoms with van der Waals surface area (Å²) in [4.78, 5) is 0. The van der Waals surface area contributed by atoms with Crippen molar-refractivity contribution in [3.8, 4) is 0 Å². The van der Waals surface area contributed by atoms with Crippen LogP contribution in [-0.4, -0.2) is 58.0 Å². The molecule has 5 heteroatoms. The third kappa shape index (κ3) is 24.1.